The highest BCUT2D eigenvalue weighted by Gasteiger charge is 2.44. The summed E-state index contributed by atoms with van der Waals surface area (Å²) in [6.07, 6.45) is -4.09. The Kier molecular flexibility index (Phi) is 5.51. The number of carbonyl (C=O) groups is 1. The molecule has 0 amide bonds. The number of aromatic nitrogens is 2. The Bertz CT molecular complexity index is 714. The van der Waals surface area contributed by atoms with Gasteiger partial charge in [0.2, 0.25) is 0 Å². The molecule has 0 bridgehead atoms. The van der Waals surface area contributed by atoms with E-state index >= 15 is 0 Å². The fourth-order valence-electron chi connectivity index (χ4n) is 2.45. The number of aliphatic hydroxyl groups excluding tert-OH is 3. The van der Waals surface area contributed by atoms with Crippen LogP contribution >= 0.6 is 0 Å². The zero-order valence-corrected chi connectivity index (χ0v) is 12.5. The lowest BCUT2D eigenvalue weighted by Crippen LogP contribution is -2.37. The van der Waals surface area contributed by atoms with Gasteiger partial charge in [0.05, 0.1) is 12.2 Å². The Morgan fingerprint density at radius 3 is 2.58 bits per heavy atom. The number of hydrogen-bond donors (Lipinski definition) is 6. The Morgan fingerprint density at radius 1 is 1.38 bits per heavy atom. The van der Waals surface area contributed by atoms with Crippen LogP contribution in [0.25, 0.3) is 0 Å². The van der Waals surface area contributed by atoms with Gasteiger partial charge in [-0.05, 0) is 6.42 Å². The van der Waals surface area contributed by atoms with Gasteiger partial charge in [0.1, 0.15) is 30.5 Å². The first-order valence-electron chi connectivity index (χ1n) is 7.20. The van der Waals surface area contributed by atoms with Crippen LogP contribution in [0.1, 0.15) is 18.1 Å². The number of nitrogens with one attached hydrogen (secondary N) is 1. The molecule has 1 aromatic rings. The van der Waals surface area contributed by atoms with Crippen LogP contribution in [0.2, 0.25) is 0 Å². The predicted octanol–water partition coefficient (Wildman–Crippen LogP) is -3.51. The summed E-state index contributed by atoms with van der Waals surface area (Å²) in [5.41, 5.74) is 3.66. The van der Waals surface area contributed by atoms with E-state index in [9.17, 15) is 24.6 Å². The molecule has 0 aromatic carbocycles. The number of H-pyrrole nitrogens is 1. The van der Waals surface area contributed by atoms with Crippen molar-refractivity contribution in [1.82, 2.24) is 9.55 Å². The molecule has 1 aromatic heterocycles. The van der Waals surface area contributed by atoms with E-state index in [-0.39, 0.29) is 18.5 Å². The molecule has 1 fully saturated rings. The lowest BCUT2D eigenvalue weighted by Gasteiger charge is -2.16. The van der Waals surface area contributed by atoms with Crippen LogP contribution in [0.5, 0.6) is 0 Å². The number of aliphatic hydroxyl groups is 3. The largest absolute Gasteiger partial charge is 0.480 e. The average molecular weight is 345 g/mol. The molecule has 0 saturated carbocycles. The normalized spacial score (nSPS) is 28.0. The van der Waals surface area contributed by atoms with Crippen molar-refractivity contribution in [2.75, 3.05) is 6.61 Å². The summed E-state index contributed by atoms with van der Waals surface area (Å²) in [4.78, 5) is 36.5. The van der Waals surface area contributed by atoms with Crippen molar-refractivity contribution in [2.45, 2.75) is 43.4 Å². The summed E-state index contributed by atoms with van der Waals surface area (Å²) in [6, 6.07) is -1.18. The number of aromatic amines is 1. The number of nitrogens with zero attached hydrogens (tertiary/aromatic N) is 1. The summed E-state index contributed by atoms with van der Waals surface area (Å²) in [5, 5.41) is 37.5. The van der Waals surface area contributed by atoms with Gasteiger partial charge < -0.3 is 35.5 Å². The molecule has 11 nitrogen and oxygen atoms in total. The maximum absolute atomic E-state index is 11.9. The Morgan fingerprint density at radius 2 is 2.04 bits per heavy atom. The van der Waals surface area contributed by atoms with Crippen LogP contribution in [-0.4, -0.2) is 66.9 Å². The number of rotatable bonds is 6. The highest BCUT2D eigenvalue weighted by Crippen LogP contribution is 2.31. The summed E-state index contributed by atoms with van der Waals surface area (Å²) in [7, 11) is 0. The number of aliphatic carboxylic acids is 1. The molecule has 5 atom stereocenters. The van der Waals surface area contributed by atoms with Crippen LogP contribution in [-0.2, 0) is 16.1 Å². The molecule has 1 aliphatic rings. The van der Waals surface area contributed by atoms with Crippen LogP contribution in [0, 0.1) is 0 Å². The zero-order chi connectivity index (χ0) is 18.0. The van der Waals surface area contributed by atoms with Gasteiger partial charge in [0.15, 0.2) is 0 Å². The monoisotopic (exact) mass is 345 g/mol. The van der Waals surface area contributed by atoms with Gasteiger partial charge >= 0.3 is 11.7 Å². The average Bonchev–Trinajstić information content (AvgIpc) is 2.81. The highest BCUT2D eigenvalue weighted by molar-refractivity contribution is 5.72. The fourth-order valence-corrected chi connectivity index (χ4v) is 2.45. The second-order valence-electron chi connectivity index (χ2n) is 5.53. The third-order valence-electron chi connectivity index (χ3n) is 3.89. The summed E-state index contributed by atoms with van der Waals surface area (Å²) >= 11 is 0. The zero-order valence-electron chi connectivity index (χ0n) is 12.5. The van der Waals surface area contributed by atoms with Crippen LogP contribution in [0.3, 0.4) is 0 Å². The smallest absolute Gasteiger partial charge is 0.328 e. The van der Waals surface area contributed by atoms with E-state index in [2.05, 4.69) is 0 Å². The van der Waals surface area contributed by atoms with Crippen LogP contribution in [0.4, 0.5) is 0 Å². The van der Waals surface area contributed by atoms with Gasteiger partial charge in [0, 0.05) is 12.7 Å². The third-order valence-corrected chi connectivity index (χ3v) is 3.89. The first-order chi connectivity index (χ1) is 11.3. The number of hydrogen-bond acceptors (Lipinski definition) is 8. The van der Waals surface area contributed by atoms with Crippen molar-refractivity contribution in [3.05, 3.63) is 32.6 Å². The second kappa shape index (κ2) is 7.23. The van der Waals surface area contributed by atoms with Gasteiger partial charge in [-0.15, -0.1) is 0 Å². The van der Waals surface area contributed by atoms with Gasteiger partial charge in [-0.25, -0.2) is 4.79 Å². The molecule has 2 rings (SSSR count). The minimum absolute atomic E-state index is 0.0588. The van der Waals surface area contributed by atoms with Crippen molar-refractivity contribution < 1.29 is 30.0 Å². The lowest BCUT2D eigenvalue weighted by atomic mass is 10.0. The molecule has 7 N–H and O–H groups in total. The summed E-state index contributed by atoms with van der Waals surface area (Å²) in [5.74, 6) is -1.23. The fraction of sp³-hybridized carbons (Fsp3) is 0.615. The SMILES string of the molecule is NC(CCn1cc([C@@H]2O[C@H](CO)[C@@H](O)[C@H]2O)c(=O)[nH]c1=O)C(=O)O. The van der Waals surface area contributed by atoms with Crippen LogP contribution < -0.4 is 17.0 Å². The summed E-state index contributed by atoms with van der Waals surface area (Å²) in [6.45, 7) is -0.634. The molecule has 0 radical (unpaired) electrons. The van der Waals surface area contributed by atoms with Crippen molar-refractivity contribution in [3.8, 4) is 0 Å². The van der Waals surface area contributed by atoms with Crippen molar-refractivity contribution in [2.24, 2.45) is 5.73 Å². The Labute approximate surface area is 134 Å². The standard InChI is InChI=1S/C13H19N3O8/c14-6(12(21)22)1-2-16-3-5(11(20)15-13(16)23)10-9(19)8(18)7(4-17)24-10/h3,6-10,17-19H,1-2,4,14H2,(H,21,22)(H,15,20,23)/t6?,7-,8-,9-,10+/m1/s1. The number of nitrogens with two attached hydrogens (primary N) is 1. The third kappa shape index (κ3) is 3.55. The van der Waals surface area contributed by atoms with Crippen molar-refractivity contribution >= 4 is 5.97 Å². The molecule has 0 aliphatic carbocycles. The molecule has 2 heterocycles. The molecular weight excluding hydrogens is 326 g/mol. The topological polar surface area (TPSA) is 188 Å². The maximum Gasteiger partial charge on any atom is 0.328 e. The van der Waals surface area contributed by atoms with Crippen molar-refractivity contribution in [3.63, 3.8) is 0 Å². The minimum atomic E-state index is -1.46. The lowest BCUT2D eigenvalue weighted by molar-refractivity contribution is -0.138. The van der Waals surface area contributed by atoms with E-state index in [4.69, 9.17) is 20.7 Å². The van der Waals surface area contributed by atoms with E-state index in [0.717, 1.165) is 10.8 Å². The molecule has 1 unspecified atom stereocenters. The number of carboxylic acids is 1. The van der Waals surface area contributed by atoms with Gasteiger partial charge in [-0.1, -0.05) is 0 Å². The Balaban J connectivity index is 2.28. The van der Waals surface area contributed by atoms with E-state index in [0.29, 0.717) is 0 Å². The predicted molar refractivity (Wildman–Crippen MR) is 78.3 cm³/mol. The quantitative estimate of drug-likeness (QED) is 0.304. The minimum Gasteiger partial charge on any atom is -0.480 e. The molecule has 24 heavy (non-hydrogen) atoms. The van der Waals surface area contributed by atoms with E-state index in [1.54, 1.807) is 0 Å². The molecule has 1 saturated heterocycles. The van der Waals surface area contributed by atoms with Crippen LogP contribution in [0.15, 0.2) is 15.8 Å². The van der Waals surface area contributed by atoms with Gasteiger partial charge in [0.25, 0.3) is 5.56 Å². The van der Waals surface area contributed by atoms with E-state index in [1.165, 1.54) is 0 Å². The van der Waals surface area contributed by atoms with Gasteiger partial charge in [-0.2, -0.15) is 0 Å². The van der Waals surface area contributed by atoms with Crippen molar-refractivity contribution in [1.29, 1.82) is 0 Å². The molecule has 134 valence electrons. The first kappa shape index (κ1) is 18.3. The number of ether oxygens (including phenoxy) is 1. The number of aryl methyl sites for hydroxylation is 1. The molecule has 1 aliphatic heterocycles. The van der Waals surface area contributed by atoms with E-state index < -0.39 is 54.3 Å². The number of carboxylic acid groups (broad SMARTS) is 1. The second-order valence-corrected chi connectivity index (χ2v) is 5.53. The van der Waals surface area contributed by atoms with E-state index in [1.807, 2.05) is 4.98 Å². The molecular formula is C13H19N3O8. The maximum atomic E-state index is 11.9. The molecule has 11 heteroatoms. The first-order valence-corrected chi connectivity index (χ1v) is 7.20. The highest BCUT2D eigenvalue weighted by atomic mass is 16.6. The summed E-state index contributed by atoms with van der Waals surface area (Å²) < 4.78 is 6.29. The Hall–Kier alpha value is -2.05. The molecule has 0 spiro atoms. The van der Waals surface area contributed by atoms with Gasteiger partial charge in [-0.3, -0.25) is 14.6 Å².